The number of anilines is 1. The van der Waals surface area contributed by atoms with Crippen molar-refractivity contribution in [2.24, 2.45) is 17.8 Å². The third kappa shape index (κ3) is 8.69. The number of nitrogens with one attached hydrogen (secondary N) is 4. The number of imidazole rings is 1. The Morgan fingerprint density at radius 2 is 1.38 bits per heavy atom. The summed E-state index contributed by atoms with van der Waals surface area (Å²) in [6.45, 7) is 8.69. The van der Waals surface area contributed by atoms with E-state index in [1.54, 1.807) is 28.3 Å². The van der Waals surface area contributed by atoms with Gasteiger partial charge in [0.1, 0.15) is 23.7 Å². The molecule has 278 valence electrons. The summed E-state index contributed by atoms with van der Waals surface area (Å²) in [5.41, 5.74) is 3.54. The van der Waals surface area contributed by atoms with E-state index >= 15 is 0 Å². The van der Waals surface area contributed by atoms with Gasteiger partial charge in [0.2, 0.25) is 17.7 Å². The van der Waals surface area contributed by atoms with Gasteiger partial charge in [0.05, 0.1) is 38.1 Å². The van der Waals surface area contributed by atoms with Crippen molar-refractivity contribution in [3.05, 3.63) is 54.6 Å². The zero-order valence-electron chi connectivity index (χ0n) is 30.5. The number of aromatic amines is 1. The third-order valence-corrected chi connectivity index (χ3v) is 9.64. The van der Waals surface area contributed by atoms with Gasteiger partial charge >= 0.3 is 12.2 Å². The van der Waals surface area contributed by atoms with Gasteiger partial charge in [-0.3, -0.25) is 14.4 Å². The molecule has 0 saturated carbocycles. The lowest BCUT2D eigenvalue weighted by molar-refractivity contribution is -0.135. The number of pyridine rings is 1. The smallest absolute Gasteiger partial charge is 0.407 e. The molecule has 0 aliphatic carbocycles. The van der Waals surface area contributed by atoms with Gasteiger partial charge in [-0.25, -0.2) is 19.6 Å². The van der Waals surface area contributed by atoms with E-state index in [-0.39, 0.29) is 42.1 Å². The van der Waals surface area contributed by atoms with Gasteiger partial charge in [0, 0.05) is 31.4 Å². The number of nitrogens with zero attached hydrogens (tertiary/aromatic N) is 4. The fourth-order valence-electron chi connectivity index (χ4n) is 6.63. The lowest BCUT2D eigenvalue weighted by atomic mass is 10.0. The van der Waals surface area contributed by atoms with Crippen LogP contribution in [0.25, 0.3) is 22.4 Å². The summed E-state index contributed by atoms with van der Waals surface area (Å²) in [6.07, 6.45) is 4.25. The SMILES string of the molecule is COC(=O)N[C@H](C(=O)N1CCC[C@H]1c1ncc(-c2ccc(-c3ccc(NC(=O)[C@H]4CCN(C(=O)[C@H](NC(=O)OC)C(C)C)C4)nc3)cc2)[nH]1)C(C)C. The summed E-state index contributed by atoms with van der Waals surface area (Å²) >= 11 is 0. The molecule has 2 fully saturated rings. The lowest BCUT2D eigenvalue weighted by Crippen LogP contribution is -2.51. The first-order valence-corrected chi connectivity index (χ1v) is 17.6. The summed E-state index contributed by atoms with van der Waals surface area (Å²) in [4.78, 5) is 79.1. The number of hydrogen-bond donors (Lipinski definition) is 4. The van der Waals surface area contributed by atoms with Crippen LogP contribution in [0.15, 0.2) is 48.8 Å². The largest absolute Gasteiger partial charge is 0.453 e. The van der Waals surface area contributed by atoms with Crippen molar-refractivity contribution in [1.82, 2.24) is 35.4 Å². The van der Waals surface area contributed by atoms with Crippen molar-refractivity contribution in [2.45, 2.75) is 65.1 Å². The monoisotopic (exact) mass is 716 g/mol. The van der Waals surface area contributed by atoms with Crippen LogP contribution < -0.4 is 16.0 Å². The van der Waals surface area contributed by atoms with E-state index in [9.17, 15) is 24.0 Å². The van der Waals surface area contributed by atoms with Crippen molar-refractivity contribution in [1.29, 1.82) is 0 Å². The molecule has 52 heavy (non-hydrogen) atoms. The van der Waals surface area contributed by atoms with E-state index in [1.165, 1.54) is 14.2 Å². The van der Waals surface area contributed by atoms with Gasteiger partial charge in [-0.05, 0) is 54.4 Å². The first-order valence-electron chi connectivity index (χ1n) is 17.6. The summed E-state index contributed by atoms with van der Waals surface area (Å²) in [6, 6.07) is 9.87. The van der Waals surface area contributed by atoms with Crippen molar-refractivity contribution in [3.63, 3.8) is 0 Å². The predicted octanol–water partition coefficient (Wildman–Crippen LogP) is 4.35. The molecule has 4 heterocycles. The zero-order chi connectivity index (χ0) is 37.5. The molecule has 5 rings (SSSR count). The molecule has 3 aromatic rings. The van der Waals surface area contributed by atoms with E-state index < -0.39 is 30.2 Å². The third-order valence-electron chi connectivity index (χ3n) is 9.64. The van der Waals surface area contributed by atoms with Gasteiger partial charge in [0.15, 0.2) is 0 Å². The number of H-pyrrole nitrogens is 1. The quantitative estimate of drug-likeness (QED) is 0.224. The summed E-state index contributed by atoms with van der Waals surface area (Å²) in [5, 5.41) is 8.13. The van der Waals surface area contributed by atoms with Crippen LogP contribution in [-0.2, 0) is 23.9 Å². The number of hydrogen-bond acceptors (Lipinski definition) is 9. The molecular weight excluding hydrogens is 668 g/mol. The number of methoxy groups -OCH3 is 2. The number of aromatic nitrogens is 3. The van der Waals surface area contributed by atoms with Gasteiger partial charge in [-0.1, -0.05) is 52.0 Å². The molecule has 1 aromatic carbocycles. The van der Waals surface area contributed by atoms with E-state index in [2.05, 4.69) is 35.6 Å². The predicted molar refractivity (Wildman–Crippen MR) is 193 cm³/mol. The van der Waals surface area contributed by atoms with Crippen molar-refractivity contribution < 1.29 is 33.4 Å². The second-order valence-electron chi connectivity index (χ2n) is 13.9. The molecule has 4 atom stereocenters. The van der Waals surface area contributed by atoms with Crippen LogP contribution in [0.4, 0.5) is 15.4 Å². The first-order chi connectivity index (χ1) is 24.9. The fourth-order valence-corrected chi connectivity index (χ4v) is 6.63. The van der Waals surface area contributed by atoms with Crippen LogP contribution in [0.3, 0.4) is 0 Å². The Hall–Kier alpha value is -5.47. The van der Waals surface area contributed by atoms with Crippen LogP contribution in [0.1, 0.15) is 58.8 Å². The van der Waals surface area contributed by atoms with Crippen LogP contribution >= 0.6 is 0 Å². The topological polar surface area (TPSA) is 188 Å². The second kappa shape index (κ2) is 16.7. The molecule has 2 aromatic heterocycles. The Kier molecular flexibility index (Phi) is 12.1. The summed E-state index contributed by atoms with van der Waals surface area (Å²) in [5.74, 6) is -0.177. The van der Waals surface area contributed by atoms with E-state index in [4.69, 9.17) is 4.74 Å². The van der Waals surface area contributed by atoms with Crippen molar-refractivity contribution in [3.8, 4) is 22.4 Å². The highest BCUT2D eigenvalue weighted by Crippen LogP contribution is 2.33. The second-order valence-corrected chi connectivity index (χ2v) is 13.9. The molecule has 0 radical (unpaired) electrons. The Labute approximate surface area is 303 Å². The number of ether oxygens (including phenoxy) is 2. The highest BCUT2D eigenvalue weighted by molar-refractivity contribution is 5.93. The molecular formula is C37H48N8O7. The molecule has 15 heteroatoms. The van der Waals surface area contributed by atoms with Crippen LogP contribution in [0.5, 0.6) is 0 Å². The Balaban J connectivity index is 1.17. The average Bonchev–Trinajstić information content (AvgIpc) is 3.94. The molecule has 0 bridgehead atoms. The molecule has 15 nitrogen and oxygen atoms in total. The molecule has 0 spiro atoms. The van der Waals surface area contributed by atoms with Gasteiger partial charge < -0.3 is 40.2 Å². The number of likely N-dealkylation sites (tertiary alicyclic amines) is 2. The zero-order valence-corrected chi connectivity index (χ0v) is 30.5. The number of amides is 5. The van der Waals surface area contributed by atoms with E-state index in [1.807, 2.05) is 58.0 Å². The van der Waals surface area contributed by atoms with Crippen molar-refractivity contribution in [2.75, 3.05) is 39.2 Å². The van der Waals surface area contributed by atoms with Crippen LogP contribution in [-0.4, -0.2) is 101 Å². The Bertz CT molecular complexity index is 1740. The van der Waals surface area contributed by atoms with Crippen molar-refractivity contribution >= 4 is 35.7 Å². The maximum absolute atomic E-state index is 13.5. The molecule has 2 aliphatic heterocycles. The molecule has 5 amide bonds. The normalized spacial score (nSPS) is 18.2. The molecule has 4 N–H and O–H groups in total. The van der Waals surface area contributed by atoms with E-state index in [0.717, 1.165) is 35.2 Å². The first kappa shape index (κ1) is 37.8. The highest BCUT2D eigenvalue weighted by atomic mass is 16.5. The summed E-state index contributed by atoms with van der Waals surface area (Å²) < 4.78 is 9.39. The van der Waals surface area contributed by atoms with Crippen LogP contribution in [0, 0.1) is 17.8 Å². The Morgan fingerprint density at radius 3 is 1.98 bits per heavy atom. The minimum atomic E-state index is -0.739. The number of carbonyl (C=O) groups is 5. The van der Waals surface area contributed by atoms with Gasteiger partial charge in [-0.2, -0.15) is 0 Å². The van der Waals surface area contributed by atoms with Crippen LogP contribution in [0.2, 0.25) is 0 Å². The van der Waals surface area contributed by atoms with E-state index in [0.29, 0.717) is 31.2 Å². The minimum absolute atomic E-state index is 0.117. The lowest BCUT2D eigenvalue weighted by Gasteiger charge is -2.30. The highest BCUT2D eigenvalue weighted by Gasteiger charge is 2.38. The fraction of sp³-hybridized carbons (Fsp3) is 0.486. The molecule has 0 unspecified atom stereocenters. The molecule has 2 saturated heterocycles. The standard InChI is InChI=1S/C37H48N8O7/c1-21(2)30(42-36(49)51-5)34(47)44-17-15-26(20-44)33(46)41-29-14-13-25(18-38-29)23-9-11-24(12-10-23)27-19-39-32(40-27)28-8-7-16-45(28)35(48)31(22(3)4)43-37(50)52-6/h9-14,18-19,21-22,26,28,30-31H,7-8,15-17,20H2,1-6H3,(H,39,40)(H,42,49)(H,43,50)(H,38,41,46)/t26-,28-,30+,31-/m0/s1. The number of benzene rings is 1. The average molecular weight is 717 g/mol. The van der Waals surface area contributed by atoms with Gasteiger partial charge in [0.25, 0.3) is 0 Å². The maximum atomic E-state index is 13.5. The Morgan fingerprint density at radius 1 is 0.769 bits per heavy atom. The summed E-state index contributed by atoms with van der Waals surface area (Å²) in [7, 11) is 2.52. The number of alkyl carbamates (subject to hydrolysis) is 2. The maximum Gasteiger partial charge on any atom is 0.407 e. The minimum Gasteiger partial charge on any atom is -0.453 e. The molecule has 2 aliphatic rings. The number of carbonyl (C=O) groups excluding carboxylic acids is 5. The van der Waals surface area contributed by atoms with Gasteiger partial charge in [-0.15, -0.1) is 0 Å². The number of rotatable bonds is 11.